The van der Waals surface area contributed by atoms with Crippen molar-refractivity contribution in [3.8, 4) is 0 Å². The van der Waals surface area contributed by atoms with Crippen LogP contribution < -0.4 is 5.73 Å². The van der Waals surface area contributed by atoms with Gasteiger partial charge in [0.2, 0.25) is 0 Å². The van der Waals surface area contributed by atoms with Crippen LogP contribution >= 0.6 is 0 Å². The number of hydrogen-bond donors (Lipinski definition) is 2. The molecule has 2 rings (SSSR count). The molecule has 150 valence electrons. The first-order valence-corrected chi connectivity index (χ1v) is 9.14. The standard InChI is InChI=1S/C21H26N2O5/c1-21(2,28-20(22)25)17(14-19(24)16-6-4-3-5-7-16)11-8-15-9-12-18(13-10-15)23(26)27/h3-7,9-10,12-13,17,19,24H,8,11,14H2,1-2H3,(H2,22,25)/t17-,19?/m1/s1. The van der Waals surface area contributed by atoms with E-state index in [0.29, 0.717) is 19.3 Å². The van der Waals surface area contributed by atoms with E-state index in [1.54, 1.807) is 26.0 Å². The maximum absolute atomic E-state index is 11.3. The molecule has 7 nitrogen and oxygen atoms in total. The summed E-state index contributed by atoms with van der Waals surface area (Å²) in [6, 6.07) is 15.6. The first kappa shape index (κ1) is 21.4. The molecule has 0 fully saturated rings. The largest absolute Gasteiger partial charge is 0.443 e. The van der Waals surface area contributed by atoms with Gasteiger partial charge in [-0.2, -0.15) is 0 Å². The van der Waals surface area contributed by atoms with Gasteiger partial charge in [0.05, 0.1) is 11.0 Å². The average Bonchev–Trinajstić information content (AvgIpc) is 2.64. The van der Waals surface area contributed by atoms with Crippen molar-refractivity contribution in [3.63, 3.8) is 0 Å². The lowest BCUT2D eigenvalue weighted by Gasteiger charge is -2.35. The van der Waals surface area contributed by atoms with Crippen molar-refractivity contribution < 1.29 is 19.6 Å². The number of carbonyl (C=O) groups is 1. The summed E-state index contributed by atoms with van der Waals surface area (Å²) in [6.07, 6.45) is 0.0490. The maximum Gasteiger partial charge on any atom is 0.405 e. The predicted octanol–water partition coefficient (Wildman–Crippen LogP) is 4.14. The Kier molecular flexibility index (Phi) is 7.12. The minimum atomic E-state index is -0.873. The Morgan fingerprint density at radius 2 is 1.79 bits per heavy atom. The molecular formula is C21H26N2O5. The first-order chi connectivity index (χ1) is 13.2. The summed E-state index contributed by atoms with van der Waals surface area (Å²) in [5.41, 5.74) is 6.11. The zero-order valence-electron chi connectivity index (χ0n) is 16.1. The second kappa shape index (κ2) is 9.32. The highest BCUT2D eigenvalue weighted by Gasteiger charge is 2.34. The number of benzene rings is 2. The van der Waals surface area contributed by atoms with Crippen LogP contribution in [0.25, 0.3) is 0 Å². The molecule has 7 heteroatoms. The van der Waals surface area contributed by atoms with Crippen LogP contribution in [0.1, 0.15) is 43.9 Å². The van der Waals surface area contributed by atoms with E-state index < -0.39 is 22.7 Å². The van der Waals surface area contributed by atoms with Gasteiger partial charge in [-0.25, -0.2) is 4.79 Å². The van der Waals surface area contributed by atoms with E-state index in [4.69, 9.17) is 10.5 Å². The molecular weight excluding hydrogens is 360 g/mol. The average molecular weight is 386 g/mol. The van der Waals surface area contributed by atoms with Crippen LogP contribution in [-0.2, 0) is 11.2 Å². The van der Waals surface area contributed by atoms with Crippen molar-refractivity contribution in [1.82, 2.24) is 0 Å². The second-order valence-electron chi connectivity index (χ2n) is 7.35. The summed E-state index contributed by atoms with van der Waals surface area (Å²) in [4.78, 5) is 21.7. The monoisotopic (exact) mass is 386 g/mol. The van der Waals surface area contributed by atoms with Crippen LogP contribution in [0.5, 0.6) is 0 Å². The maximum atomic E-state index is 11.3. The van der Waals surface area contributed by atoms with Crippen molar-refractivity contribution in [2.24, 2.45) is 11.7 Å². The minimum Gasteiger partial charge on any atom is -0.443 e. The van der Waals surface area contributed by atoms with E-state index in [2.05, 4.69) is 0 Å². The molecule has 1 unspecified atom stereocenters. The Morgan fingerprint density at radius 3 is 2.32 bits per heavy atom. The number of nitrogens with zero attached hydrogens (tertiary/aromatic N) is 1. The third-order valence-corrected chi connectivity index (χ3v) is 4.97. The smallest absolute Gasteiger partial charge is 0.405 e. The number of carbonyl (C=O) groups excluding carboxylic acids is 1. The number of aryl methyl sites for hydroxylation is 1. The molecule has 2 atom stereocenters. The van der Waals surface area contributed by atoms with Gasteiger partial charge in [-0.3, -0.25) is 10.1 Å². The molecule has 0 aliphatic heterocycles. The van der Waals surface area contributed by atoms with Gasteiger partial charge in [-0.1, -0.05) is 42.5 Å². The van der Waals surface area contributed by atoms with E-state index >= 15 is 0 Å². The number of non-ortho nitro benzene ring substituents is 1. The Balaban J connectivity index is 2.13. The number of nitro groups is 1. The fourth-order valence-corrected chi connectivity index (χ4v) is 3.30. The van der Waals surface area contributed by atoms with Gasteiger partial charge in [-0.05, 0) is 44.2 Å². The second-order valence-corrected chi connectivity index (χ2v) is 7.35. The van der Waals surface area contributed by atoms with Crippen molar-refractivity contribution >= 4 is 11.8 Å². The number of aliphatic hydroxyl groups excluding tert-OH is 1. The summed E-state index contributed by atoms with van der Waals surface area (Å²) in [5, 5.41) is 21.4. The number of ether oxygens (including phenoxy) is 1. The van der Waals surface area contributed by atoms with Gasteiger partial charge >= 0.3 is 6.09 Å². The lowest BCUT2D eigenvalue weighted by atomic mass is 9.80. The molecule has 0 aromatic heterocycles. The molecule has 0 spiro atoms. The van der Waals surface area contributed by atoms with Crippen LogP contribution in [0.4, 0.5) is 10.5 Å². The molecule has 28 heavy (non-hydrogen) atoms. The Morgan fingerprint density at radius 1 is 1.18 bits per heavy atom. The van der Waals surface area contributed by atoms with Crippen molar-refractivity contribution in [2.75, 3.05) is 0 Å². The highest BCUT2D eigenvalue weighted by atomic mass is 16.6. The fraction of sp³-hybridized carbons (Fsp3) is 0.381. The SMILES string of the molecule is CC(C)(OC(N)=O)[C@H](CCc1ccc([N+](=O)[O-])cc1)CC(O)c1ccccc1. The lowest BCUT2D eigenvalue weighted by Crippen LogP contribution is -2.39. The van der Waals surface area contributed by atoms with Crippen molar-refractivity contribution in [2.45, 2.75) is 44.8 Å². The Labute approximate surface area is 164 Å². The van der Waals surface area contributed by atoms with Crippen LogP contribution in [-0.4, -0.2) is 21.7 Å². The van der Waals surface area contributed by atoms with Gasteiger partial charge in [-0.15, -0.1) is 0 Å². The highest BCUT2D eigenvalue weighted by molar-refractivity contribution is 5.65. The number of nitrogens with two attached hydrogens (primary N) is 1. The molecule has 0 saturated heterocycles. The number of nitro benzene ring substituents is 1. The van der Waals surface area contributed by atoms with Crippen LogP contribution in [0, 0.1) is 16.0 Å². The van der Waals surface area contributed by atoms with Gasteiger partial charge in [0.15, 0.2) is 0 Å². The lowest BCUT2D eigenvalue weighted by molar-refractivity contribution is -0.384. The third kappa shape index (κ3) is 6.06. The van der Waals surface area contributed by atoms with Crippen molar-refractivity contribution in [1.29, 1.82) is 0 Å². The van der Waals surface area contributed by atoms with Crippen LogP contribution in [0.3, 0.4) is 0 Å². The summed E-state index contributed by atoms with van der Waals surface area (Å²) >= 11 is 0. The molecule has 0 aliphatic rings. The minimum absolute atomic E-state index is 0.0391. The summed E-state index contributed by atoms with van der Waals surface area (Å²) < 4.78 is 5.31. The first-order valence-electron chi connectivity index (χ1n) is 9.14. The summed E-state index contributed by atoms with van der Waals surface area (Å²) in [7, 11) is 0. The van der Waals surface area contributed by atoms with Gasteiger partial charge in [0.1, 0.15) is 5.60 Å². The molecule has 1 amide bonds. The number of aliphatic hydroxyl groups is 1. The van der Waals surface area contributed by atoms with E-state index in [-0.39, 0.29) is 11.6 Å². The van der Waals surface area contributed by atoms with E-state index in [9.17, 15) is 20.0 Å². The van der Waals surface area contributed by atoms with E-state index in [1.807, 2.05) is 30.3 Å². The number of hydrogen-bond acceptors (Lipinski definition) is 5. The molecule has 0 radical (unpaired) electrons. The van der Waals surface area contributed by atoms with Crippen molar-refractivity contribution in [3.05, 3.63) is 75.8 Å². The molecule has 0 saturated carbocycles. The zero-order chi connectivity index (χ0) is 20.7. The summed E-state index contributed by atoms with van der Waals surface area (Å²) in [5.74, 6) is -0.176. The zero-order valence-corrected chi connectivity index (χ0v) is 16.1. The third-order valence-electron chi connectivity index (χ3n) is 4.97. The normalized spacial score (nSPS) is 13.5. The topological polar surface area (TPSA) is 116 Å². The molecule has 2 aromatic carbocycles. The van der Waals surface area contributed by atoms with Gasteiger partial charge in [0.25, 0.3) is 5.69 Å². The Hall–Kier alpha value is -2.93. The highest BCUT2D eigenvalue weighted by Crippen LogP contribution is 2.34. The van der Waals surface area contributed by atoms with E-state index in [1.165, 1.54) is 12.1 Å². The molecule has 0 aliphatic carbocycles. The van der Waals surface area contributed by atoms with Gasteiger partial charge in [0, 0.05) is 18.1 Å². The molecule has 0 bridgehead atoms. The molecule has 0 heterocycles. The number of rotatable bonds is 9. The number of amides is 1. The summed E-state index contributed by atoms with van der Waals surface area (Å²) in [6.45, 7) is 3.55. The quantitative estimate of drug-likeness (QED) is 0.496. The predicted molar refractivity (Wildman–Crippen MR) is 106 cm³/mol. The molecule has 2 aromatic rings. The Bertz CT molecular complexity index is 790. The molecule has 3 N–H and O–H groups in total. The van der Waals surface area contributed by atoms with Gasteiger partial charge < -0.3 is 15.6 Å². The van der Waals surface area contributed by atoms with E-state index in [0.717, 1.165) is 11.1 Å². The fourth-order valence-electron chi connectivity index (χ4n) is 3.30. The van der Waals surface area contributed by atoms with Crippen LogP contribution in [0.2, 0.25) is 0 Å². The van der Waals surface area contributed by atoms with Crippen LogP contribution in [0.15, 0.2) is 54.6 Å². The number of primary amides is 1.